The number of benzene rings is 3. The highest BCUT2D eigenvalue weighted by atomic mass is 19.1. The highest BCUT2D eigenvalue weighted by Crippen LogP contribution is 2.22. The summed E-state index contributed by atoms with van der Waals surface area (Å²) in [4.78, 5) is 26.8. The first-order valence-electron chi connectivity index (χ1n) is 10.0. The molecule has 0 radical (unpaired) electrons. The highest BCUT2D eigenvalue weighted by Gasteiger charge is 2.18. The fourth-order valence-electron chi connectivity index (χ4n) is 3.17. The molecule has 0 aromatic heterocycles. The lowest BCUT2D eigenvalue weighted by molar-refractivity contribution is -0.120. The molecule has 0 aliphatic carbocycles. The van der Waals surface area contributed by atoms with Crippen molar-refractivity contribution in [3.63, 3.8) is 0 Å². The molecule has 31 heavy (non-hydrogen) atoms. The van der Waals surface area contributed by atoms with Crippen molar-refractivity contribution >= 4 is 17.5 Å². The summed E-state index contributed by atoms with van der Waals surface area (Å²) in [5, 5.41) is 2.78. The molecule has 0 heterocycles. The molecular weight excluding hydrogens is 395 g/mol. The number of nitrogens with one attached hydrogen (secondary N) is 1. The Morgan fingerprint density at radius 1 is 0.935 bits per heavy atom. The topological polar surface area (TPSA) is 58.6 Å². The van der Waals surface area contributed by atoms with Gasteiger partial charge in [0.1, 0.15) is 5.82 Å². The fraction of sp³-hybridized carbons (Fsp3) is 0.200. The second-order valence-electron chi connectivity index (χ2n) is 7.07. The Labute approximate surface area is 181 Å². The lowest BCUT2D eigenvalue weighted by atomic mass is 10.1. The van der Waals surface area contributed by atoms with Crippen LogP contribution >= 0.6 is 0 Å². The van der Waals surface area contributed by atoms with Crippen molar-refractivity contribution in [3.05, 3.63) is 101 Å². The number of anilines is 1. The van der Waals surface area contributed by atoms with Crippen LogP contribution in [0.4, 0.5) is 10.1 Å². The van der Waals surface area contributed by atoms with Crippen molar-refractivity contribution in [1.82, 2.24) is 5.32 Å². The van der Waals surface area contributed by atoms with Gasteiger partial charge in [0.2, 0.25) is 5.91 Å². The number of carbonyl (C=O) groups is 2. The van der Waals surface area contributed by atoms with Crippen molar-refractivity contribution in [2.45, 2.75) is 13.0 Å². The molecule has 1 N–H and O–H groups in total. The van der Waals surface area contributed by atoms with E-state index in [2.05, 4.69) is 5.32 Å². The van der Waals surface area contributed by atoms with E-state index >= 15 is 0 Å². The maximum Gasteiger partial charge on any atom is 0.258 e. The molecule has 0 bridgehead atoms. The minimum atomic E-state index is -0.348. The molecule has 3 aromatic rings. The summed E-state index contributed by atoms with van der Waals surface area (Å²) in [6, 6.07) is 22.4. The van der Waals surface area contributed by atoms with E-state index in [-0.39, 0.29) is 30.6 Å². The van der Waals surface area contributed by atoms with Gasteiger partial charge in [0.05, 0.1) is 19.6 Å². The van der Waals surface area contributed by atoms with Gasteiger partial charge in [0.25, 0.3) is 5.91 Å². The van der Waals surface area contributed by atoms with Crippen molar-refractivity contribution in [2.24, 2.45) is 0 Å². The summed E-state index contributed by atoms with van der Waals surface area (Å²) in [7, 11) is 1.58. The third kappa shape index (κ3) is 6.49. The van der Waals surface area contributed by atoms with Gasteiger partial charge in [0, 0.05) is 24.9 Å². The first kappa shape index (κ1) is 22.2. The lowest BCUT2D eigenvalue weighted by Crippen LogP contribution is -2.30. The van der Waals surface area contributed by atoms with Gasteiger partial charge in [-0.1, -0.05) is 42.5 Å². The van der Waals surface area contributed by atoms with Crippen LogP contribution in [0.15, 0.2) is 78.9 Å². The first-order valence-corrected chi connectivity index (χ1v) is 10.0. The zero-order valence-electron chi connectivity index (χ0n) is 17.4. The van der Waals surface area contributed by atoms with E-state index in [9.17, 15) is 14.0 Å². The van der Waals surface area contributed by atoms with Gasteiger partial charge in [-0.15, -0.1) is 0 Å². The monoisotopic (exact) mass is 420 g/mol. The Bertz CT molecular complexity index is 1010. The Hall–Kier alpha value is -3.51. The van der Waals surface area contributed by atoms with Crippen molar-refractivity contribution in [3.8, 4) is 0 Å². The lowest BCUT2D eigenvalue weighted by Gasteiger charge is -2.23. The fourth-order valence-corrected chi connectivity index (χ4v) is 3.17. The molecule has 0 aliphatic rings. The largest absolute Gasteiger partial charge is 0.383 e. The van der Waals surface area contributed by atoms with E-state index in [0.717, 1.165) is 5.56 Å². The number of amides is 2. The molecule has 0 aliphatic heterocycles. The second kappa shape index (κ2) is 11.0. The van der Waals surface area contributed by atoms with Gasteiger partial charge in [-0.2, -0.15) is 0 Å². The summed E-state index contributed by atoms with van der Waals surface area (Å²) in [5.41, 5.74) is 2.73. The number of nitrogens with zero attached hydrogens (tertiary/aromatic N) is 1. The van der Waals surface area contributed by atoms with Gasteiger partial charge in [-0.25, -0.2) is 4.39 Å². The smallest absolute Gasteiger partial charge is 0.258 e. The second-order valence-corrected chi connectivity index (χ2v) is 7.07. The SMILES string of the molecule is COCCNC(=O)Cc1ccc(N(Cc2cccc(F)c2)C(=O)c2ccccc2)cc1. The molecule has 6 heteroatoms. The number of methoxy groups -OCH3 is 1. The molecule has 160 valence electrons. The van der Waals surface area contributed by atoms with Gasteiger partial charge in [-0.05, 0) is 47.5 Å². The molecule has 0 unspecified atom stereocenters. The summed E-state index contributed by atoms with van der Waals surface area (Å²) in [5.74, 6) is -0.629. The Morgan fingerprint density at radius 2 is 1.68 bits per heavy atom. The van der Waals surface area contributed by atoms with E-state index in [1.54, 1.807) is 60.5 Å². The van der Waals surface area contributed by atoms with E-state index in [1.807, 2.05) is 18.2 Å². The average molecular weight is 420 g/mol. The average Bonchev–Trinajstić information content (AvgIpc) is 2.78. The van der Waals surface area contributed by atoms with Crippen molar-refractivity contribution in [2.75, 3.05) is 25.2 Å². The van der Waals surface area contributed by atoms with Crippen LogP contribution in [-0.2, 0) is 22.5 Å². The molecule has 5 nitrogen and oxygen atoms in total. The molecule has 0 atom stereocenters. The first-order chi connectivity index (χ1) is 15.1. The maximum atomic E-state index is 13.7. The van der Waals surface area contributed by atoms with E-state index in [0.29, 0.717) is 30.0 Å². The Kier molecular flexibility index (Phi) is 7.90. The van der Waals surface area contributed by atoms with E-state index in [1.165, 1.54) is 12.1 Å². The summed E-state index contributed by atoms with van der Waals surface area (Å²) in [6.07, 6.45) is 0.237. The van der Waals surface area contributed by atoms with Crippen molar-refractivity contribution < 1.29 is 18.7 Å². The predicted octanol–water partition coefficient (Wildman–Crippen LogP) is 3.98. The number of hydrogen-bond donors (Lipinski definition) is 1. The zero-order valence-corrected chi connectivity index (χ0v) is 17.4. The number of ether oxygens (including phenoxy) is 1. The molecule has 3 aromatic carbocycles. The van der Waals surface area contributed by atoms with Crippen molar-refractivity contribution in [1.29, 1.82) is 0 Å². The third-order valence-corrected chi connectivity index (χ3v) is 4.74. The molecule has 3 rings (SSSR count). The van der Waals surface area contributed by atoms with Crippen LogP contribution in [0.5, 0.6) is 0 Å². The van der Waals surface area contributed by atoms with E-state index in [4.69, 9.17) is 4.74 Å². The highest BCUT2D eigenvalue weighted by molar-refractivity contribution is 6.06. The van der Waals surface area contributed by atoms with Gasteiger partial charge >= 0.3 is 0 Å². The van der Waals surface area contributed by atoms with Crippen LogP contribution < -0.4 is 10.2 Å². The number of hydrogen-bond acceptors (Lipinski definition) is 3. The molecule has 0 fully saturated rings. The van der Waals surface area contributed by atoms with E-state index < -0.39 is 0 Å². The minimum Gasteiger partial charge on any atom is -0.383 e. The summed E-state index contributed by atoms with van der Waals surface area (Å²) < 4.78 is 18.6. The molecular formula is C25H25FN2O3. The number of halogens is 1. The third-order valence-electron chi connectivity index (χ3n) is 4.74. The van der Waals surface area contributed by atoms with Gasteiger partial charge in [-0.3, -0.25) is 9.59 Å². The standard InChI is InChI=1S/C25H25FN2O3/c1-31-15-14-27-24(29)17-19-10-12-23(13-11-19)28(18-20-6-5-9-22(26)16-20)25(30)21-7-3-2-4-8-21/h2-13,16H,14-15,17-18H2,1H3,(H,27,29). The summed E-state index contributed by atoms with van der Waals surface area (Å²) >= 11 is 0. The van der Waals surface area contributed by atoms with Crippen LogP contribution in [0.25, 0.3) is 0 Å². The number of carbonyl (C=O) groups excluding carboxylic acids is 2. The van der Waals surface area contributed by atoms with Crippen LogP contribution in [0.1, 0.15) is 21.5 Å². The van der Waals surface area contributed by atoms with Crippen LogP contribution in [-0.4, -0.2) is 32.1 Å². The van der Waals surface area contributed by atoms with Gasteiger partial charge < -0.3 is 15.0 Å². The van der Waals surface area contributed by atoms with Gasteiger partial charge in [0.15, 0.2) is 0 Å². The van der Waals surface area contributed by atoms with Crippen LogP contribution in [0.3, 0.4) is 0 Å². The maximum absolute atomic E-state index is 13.7. The Morgan fingerprint density at radius 3 is 2.35 bits per heavy atom. The molecule has 2 amide bonds. The normalized spacial score (nSPS) is 10.5. The van der Waals surface area contributed by atoms with Crippen LogP contribution in [0.2, 0.25) is 0 Å². The van der Waals surface area contributed by atoms with Crippen LogP contribution in [0, 0.1) is 5.82 Å². The quantitative estimate of drug-likeness (QED) is 0.533. The molecule has 0 saturated carbocycles. The molecule has 0 saturated heterocycles. The zero-order chi connectivity index (χ0) is 22.1. The predicted molar refractivity (Wildman–Crippen MR) is 118 cm³/mol. The molecule has 0 spiro atoms. The minimum absolute atomic E-state index is 0.0956. The summed E-state index contributed by atoms with van der Waals surface area (Å²) in [6.45, 7) is 1.14. The Balaban J connectivity index is 1.80. The number of rotatable bonds is 9.